The molecular weight excluding hydrogens is 398 g/mol. The molecule has 1 saturated heterocycles. The summed E-state index contributed by atoms with van der Waals surface area (Å²) in [5.74, 6) is -0.0840. The zero-order valence-corrected chi connectivity index (χ0v) is 16.8. The van der Waals surface area contributed by atoms with Gasteiger partial charge in [-0.2, -0.15) is 4.31 Å². The molecule has 0 unspecified atom stereocenters. The molecule has 0 radical (unpaired) electrons. The highest BCUT2D eigenvalue weighted by Gasteiger charge is 2.30. The maximum atomic E-state index is 13.0. The van der Waals surface area contributed by atoms with Crippen LogP contribution < -0.4 is 4.87 Å². The molecule has 1 fully saturated rings. The molecule has 2 heterocycles. The van der Waals surface area contributed by atoms with Gasteiger partial charge in [0.25, 0.3) is 5.91 Å². The molecule has 1 aromatic heterocycles. The molecule has 0 atom stereocenters. The molecule has 1 aliphatic heterocycles. The summed E-state index contributed by atoms with van der Waals surface area (Å²) in [6.07, 6.45) is 0. The van der Waals surface area contributed by atoms with Gasteiger partial charge in [0, 0.05) is 31.7 Å². The van der Waals surface area contributed by atoms with E-state index in [1.54, 1.807) is 17.0 Å². The lowest BCUT2D eigenvalue weighted by atomic mass is 10.1. The van der Waals surface area contributed by atoms with E-state index in [1.165, 1.54) is 16.4 Å². The fourth-order valence-corrected chi connectivity index (χ4v) is 5.63. The van der Waals surface area contributed by atoms with Gasteiger partial charge in [0.1, 0.15) is 0 Å². The Morgan fingerprint density at radius 3 is 2.54 bits per heavy atom. The molecule has 9 heteroatoms. The Morgan fingerprint density at radius 2 is 1.82 bits per heavy atom. The van der Waals surface area contributed by atoms with Gasteiger partial charge >= 0.3 is 4.87 Å². The average Bonchev–Trinajstić information content (AvgIpc) is 3.06. The van der Waals surface area contributed by atoms with Gasteiger partial charge in [-0.1, -0.05) is 29.0 Å². The van der Waals surface area contributed by atoms with Gasteiger partial charge in [-0.15, -0.1) is 0 Å². The number of aromatic amines is 1. The summed E-state index contributed by atoms with van der Waals surface area (Å²) in [6, 6.07) is 12.0. The highest BCUT2D eigenvalue weighted by molar-refractivity contribution is 7.89. The Labute approximate surface area is 166 Å². The number of piperazine rings is 1. The second-order valence-electron chi connectivity index (χ2n) is 6.74. The number of fused-ring (bicyclic) bond motifs is 1. The predicted octanol–water partition coefficient (Wildman–Crippen LogP) is 2.04. The largest absolute Gasteiger partial charge is 0.336 e. The van der Waals surface area contributed by atoms with Crippen molar-refractivity contribution in [1.29, 1.82) is 0 Å². The van der Waals surface area contributed by atoms with Gasteiger partial charge in [-0.05, 0) is 37.3 Å². The molecule has 0 saturated carbocycles. The molecule has 1 amide bonds. The van der Waals surface area contributed by atoms with E-state index in [-0.39, 0.29) is 28.8 Å². The van der Waals surface area contributed by atoms with E-state index in [0.29, 0.717) is 28.9 Å². The predicted molar refractivity (Wildman–Crippen MR) is 108 cm³/mol. The molecule has 28 heavy (non-hydrogen) atoms. The highest BCUT2D eigenvalue weighted by Crippen LogP contribution is 2.23. The van der Waals surface area contributed by atoms with E-state index < -0.39 is 10.0 Å². The van der Waals surface area contributed by atoms with Crippen molar-refractivity contribution in [3.63, 3.8) is 0 Å². The second-order valence-corrected chi connectivity index (χ2v) is 9.69. The maximum absolute atomic E-state index is 13.0. The molecule has 146 valence electrons. The standard InChI is InChI=1S/C19H19N3O4S2/c1-13-3-2-4-14(11-13)18(23)21-7-9-22(10-8-21)28(25,26)15-5-6-16-17(12-15)27-19(24)20-16/h2-6,11-12H,7-10H2,1H3,(H,20,24). The highest BCUT2D eigenvalue weighted by atomic mass is 32.2. The fraction of sp³-hybridized carbons (Fsp3) is 0.263. The molecule has 0 aliphatic carbocycles. The molecule has 0 spiro atoms. The summed E-state index contributed by atoms with van der Waals surface area (Å²) < 4.78 is 27.9. The van der Waals surface area contributed by atoms with Crippen molar-refractivity contribution >= 4 is 37.5 Å². The van der Waals surface area contributed by atoms with Crippen LogP contribution in [0.5, 0.6) is 0 Å². The monoisotopic (exact) mass is 417 g/mol. The van der Waals surface area contributed by atoms with Crippen molar-refractivity contribution in [2.24, 2.45) is 0 Å². The third kappa shape index (κ3) is 3.48. The van der Waals surface area contributed by atoms with Crippen molar-refractivity contribution in [3.05, 3.63) is 63.3 Å². The number of hydrogen-bond acceptors (Lipinski definition) is 5. The Kier molecular flexibility index (Phi) is 4.82. The summed E-state index contributed by atoms with van der Waals surface area (Å²) in [6.45, 7) is 3.08. The van der Waals surface area contributed by atoms with Gasteiger partial charge < -0.3 is 9.88 Å². The van der Waals surface area contributed by atoms with Crippen LogP contribution in [0.4, 0.5) is 0 Å². The van der Waals surface area contributed by atoms with E-state index in [2.05, 4.69) is 4.98 Å². The third-order valence-corrected chi connectivity index (χ3v) is 7.56. The minimum absolute atomic E-state index is 0.0840. The SMILES string of the molecule is Cc1cccc(C(=O)N2CCN(S(=O)(=O)c3ccc4[nH]c(=O)sc4c3)CC2)c1. The number of nitrogens with zero attached hydrogens (tertiary/aromatic N) is 2. The van der Waals surface area contributed by atoms with Crippen molar-refractivity contribution < 1.29 is 13.2 Å². The molecular formula is C19H19N3O4S2. The lowest BCUT2D eigenvalue weighted by Gasteiger charge is -2.34. The van der Waals surface area contributed by atoms with Crippen LogP contribution in [-0.2, 0) is 10.0 Å². The van der Waals surface area contributed by atoms with Crippen molar-refractivity contribution in [1.82, 2.24) is 14.2 Å². The van der Waals surface area contributed by atoms with Gasteiger partial charge in [-0.25, -0.2) is 8.42 Å². The Bertz CT molecular complexity index is 1210. The molecule has 1 aliphatic rings. The van der Waals surface area contributed by atoms with Crippen molar-refractivity contribution in [2.75, 3.05) is 26.2 Å². The molecule has 3 aromatic rings. The lowest BCUT2D eigenvalue weighted by molar-refractivity contribution is 0.0698. The van der Waals surface area contributed by atoms with Gasteiger partial charge in [0.15, 0.2) is 0 Å². The molecule has 2 aromatic carbocycles. The number of hydrogen-bond donors (Lipinski definition) is 1. The number of carbonyl (C=O) groups excluding carboxylic acids is 1. The van der Waals surface area contributed by atoms with Gasteiger partial charge in [0.2, 0.25) is 10.0 Å². The van der Waals surface area contributed by atoms with Crippen LogP contribution in [0.1, 0.15) is 15.9 Å². The van der Waals surface area contributed by atoms with Crippen LogP contribution >= 0.6 is 11.3 Å². The third-order valence-electron chi connectivity index (χ3n) is 4.82. The van der Waals surface area contributed by atoms with E-state index in [1.807, 2.05) is 25.1 Å². The van der Waals surface area contributed by atoms with E-state index in [0.717, 1.165) is 16.9 Å². The minimum atomic E-state index is -3.68. The second kappa shape index (κ2) is 7.16. The number of amides is 1. The summed E-state index contributed by atoms with van der Waals surface area (Å²) in [5, 5.41) is 0. The number of sulfonamides is 1. The van der Waals surface area contributed by atoms with E-state index in [9.17, 15) is 18.0 Å². The van der Waals surface area contributed by atoms with E-state index >= 15 is 0 Å². The Hall–Kier alpha value is -2.49. The zero-order chi connectivity index (χ0) is 19.9. The Balaban J connectivity index is 1.50. The first-order chi connectivity index (χ1) is 13.3. The number of rotatable bonds is 3. The van der Waals surface area contributed by atoms with Crippen LogP contribution in [0.25, 0.3) is 10.2 Å². The number of aryl methyl sites for hydroxylation is 1. The number of aromatic nitrogens is 1. The van der Waals surface area contributed by atoms with Crippen molar-refractivity contribution in [3.8, 4) is 0 Å². The average molecular weight is 418 g/mol. The Morgan fingerprint density at radius 1 is 1.07 bits per heavy atom. The van der Waals surface area contributed by atoms with E-state index in [4.69, 9.17) is 0 Å². The van der Waals surface area contributed by atoms with Crippen LogP contribution in [0.2, 0.25) is 0 Å². The normalized spacial score (nSPS) is 15.8. The molecule has 4 rings (SSSR count). The quantitative estimate of drug-likeness (QED) is 0.706. The first kappa shape index (κ1) is 18.9. The maximum Gasteiger partial charge on any atom is 0.305 e. The number of nitrogens with one attached hydrogen (secondary N) is 1. The zero-order valence-electron chi connectivity index (χ0n) is 15.2. The first-order valence-electron chi connectivity index (χ1n) is 8.83. The van der Waals surface area contributed by atoms with Crippen LogP contribution in [0, 0.1) is 6.92 Å². The number of thiazole rings is 1. The van der Waals surface area contributed by atoms with Crippen LogP contribution in [-0.4, -0.2) is 54.7 Å². The molecule has 0 bridgehead atoms. The summed E-state index contributed by atoms with van der Waals surface area (Å²) in [5.41, 5.74) is 2.25. The summed E-state index contributed by atoms with van der Waals surface area (Å²) in [4.78, 5) is 28.4. The number of H-pyrrole nitrogens is 1. The van der Waals surface area contributed by atoms with Crippen LogP contribution in [0.3, 0.4) is 0 Å². The molecule has 1 N–H and O–H groups in total. The lowest BCUT2D eigenvalue weighted by Crippen LogP contribution is -2.50. The van der Waals surface area contributed by atoms with Crippen LogP contribution in [0.15, 0.2) is 52.2 Å². The van der Waals surface area contributed by atoms with Gasteiger partial charge in [-0.3, -0.25) is 9.59 Å². The summed E-state index contributed by atoms with van der Waals surface area (Å²) >= 11 is 0.985. The van der Waals surface area contributed by atoms with Gasteiger partial charge in [0.05, 0.1) is 15.1 Å². The number of benzene rings is 2. The molecule has 7 nitrogen and oxygen atoms in total. The number of carbonyl (C=O) groups is 1. The smallest absolute Gasteiger partial charge is 0.305 e. The topological polar surface area (TPSA) is 90.6 Å². The van der Waals surface area contributed by atoms with Crippen molar-refractivity contribution in [2.45, 2.75) is 11.8 Å². The first-order valence-corrected chi connectivity index (χ1v) is 11.1. The minimum Gasteiger partial charge on any atom is -0.336 e. The summed E-state index contributed by atoms with van der Waals surface area (Å²) in [7, 11) is -3.68. The fourth-order valence-electron chi connectivity index (χ4n) is 3.33.